The molecule has 104 valence electrons. The van der Waals surface area contributed by atoms with Crippen LogP contribution in [-0.2, 0) is 9.59 Å². The maximum Gasteiger partial charge on any atom is 0.264 e. The van der Waals surface area contributed by atoms with Crippen LogP contribution in [0.2, 0.25) is 0 Å². The number of hydrogen-bond acceptors (Lipinski definition) is 3. The van der Waals surface area contributed by atoms with Crippen molar-refractivity contribution in [3.63, 3.8) is 0 Å². The summed E-state index contributed by atoms with van der Waals surface area (Å²) in [6, 6.07) is 5.01. The highest BCUT2D eigenvalue weighted by molar-refractivity contribution is 6.20. The Morgan fingerprint density at radius 3 is 2.70 bits per heavy atom. The van der Waals surface area contributed by atoms with Gasteiger partial charge in [0, 0.05) is 0 Å². The lowest BCUT2D eigenvalue weighted by molar-refractivity contribution is -0.129. The summed E-state index contributed by atoms with van der Waals surface area (Å²) in [6.45, 7) is 0. The van der Waals surface area contributed by atoms with E-state index in [1.807, 2.05) is 0 Å². The average molecular weight is 275 g/mol. The first-order valence-electron chi connectivity index (χ1n) is 6.50. The van der Waals surface area contributed by atoms with E-state index in [4.69, 9.17) is 5.73 Å². The molecule has 5 nitrogen and oxygen atoms in total. The third-order valence-electron chi connectivity index (χ3n) is 3.62. The molecular formula is C14H14FN3O2. The molecule has 3 N–H and O–H groups in total. The predicted octanol–water partition coefficient (Wildman–Crippen LogP) is 0.701. The van der Waals surface area contributed by atoms with Crippen LogP contribution in [0, 0.1) is 11.7 Å². The largest absolute Gasteiger partial charge is 0.321 e. The van der Waals surface area contributed by atoms with Gasteiger partial charge in [0.15, 0.2) is 0 Å². The smallest absolute Gasteiger partial charge is 0.264 e. The van der Waals surface area contributed by atoms with Gasteiger partial charge in [-0.05, 0) is 36.5 Å². The van der Waals surface area contributed by atoms with Gasteiger partial charge in [-0.15, -0.1) is 0 Å². The number of amidine groups is 1. The molecule has 20 heavy (non-hydrogen) atoms. The number of amides is 2. The summed E-state index contributed by atoms with van der Waals surface area (Å²) in [7, 11) is 0. The second-order valence-corrected chi connectivity index (χ2v) is 5.18. The molecule has 1 saturated carbocycles. The summed E-state index contributed by atoms with van der Waals surface area (Å²) in [5.41, 5.74) is 6.23. The van der Waals surface area contributed by atoms with Crippen molar-refractivity contribution in [2.45, 2.75) is 24.8 Å². The van der Waals surface area contributed by atoms with E-state index in [1.165, 1.54) is 24.3 Å². The molecule has 6 heteroatoms. The number of nitrogens with zero attached hydrogens (tertiary/aromatic N) is 1. The predicted molar refractivity (Wildman–Crippen MR) is 70.4 cm³/mol. The summed E-state index contributed by atoms with van der Waals surface area (Å²) < 4.78 is 13.2. The van der Waals surface area contributed by atoms with Crippen LogP contribution in [0.5, 0.6) is 0 Å². The van der Waals surface area contributed by atoms with Crippen LogP contribution < -0.4 is 11.1 Å². The number of nitrogens with one attached hydrogen (secondary N) is 1. The third-order valence-corrected chi connectivity index (χ3v) is 3.62. The zero-order chi connectivity index (χ0) is 14.3. The third kappa shape index (κ3) is 2.34. The van der Waals surface area contributed by atoms with E-state index in [2.05, 4.69) is 10.3 Å². The maximum atomic E-state index is 13.2. The lowest BCUT2D eigenvalue weighted by Crippen LogP contribution is -2.51. The molecule has 2 atom stereocenters. The molecule has 1 heterocycles. The summed E-state index contributed by atoms with van der Waals surface area (Å²) >= 11 is 0. The minimum Gasteiger partial charge on any atom is -0.321 e. The van der Waals surface area contributed by atoms with Crippen molar-refractivity contribution in [2.75, 3.05) is 0 Å². The monoisotopic (exact) mass is 275 g/mol. The van der Waals surface area contributed by atoms with Crippen molar-refractivity contribution >= 4 is 17.6 Å². The lowest BCUT2D eigenvalue weighted by atomic mass is 9.95. The van der Waals surface area contributed by atoms with Gasteiger partial charge >= 0.3 is 0 Å². The fraction of sp³-hybridized carbons (Fsp3) is 0.357. The molecular weight excluding hydrogens is 261 g/mol. The average Bonchev–Trinajstić information content (AvgIpc) is 3.21. The number of carbonyl (C=O) groups excluding carboxylic acids is 2. The Bertz CT molecular complexity index is 610. The maximum absolute atomic E-state index is 13.2. The van der Waals surface area contributed by atoms with Crippen LogP contribution in [0.25, 0.3) is 0 Å². The van der Waals surface area contributed by atoms with Gasteiger partial charge in [-0.25, -0.2) is 4.39 Å². The van der Waals surface area contributed by atoms with E-state index in [0.29, 0.717) is 5.56 Å². The first-order valence-corrected chi connectivity index (χ1v) is 6.50. The first kappa shape index (κ1) is 12.9. The number of halogens is 1. The quantitative estimate of drug-likeness (QED) is 0.796. The highest BCUT2D eigenvalue weighted by Gasteiger charge is 2.39. The second-order valence-electron chi connectivity index (χ2n) is 5.18. The summed E-state index contributed by atoms with van der Waals surface area (Å²) in [5.74, 6) is -2.16. The van der Waals surface area contributed by atoms with E-state index in [1.54, 1.807) is 0 Å². The second kappa shape index (κ2) is 4.79. The zero-order valence-electron chi connectivity index (χ0n) is 10.7. The van der Waals surface area contributed by atoms with Crippen LogP contribution >= 0.6 is 0 Å². The number of nitrogens with two attached hydrogens (primary N) is 1. The van der Waals surface area contributed by atoms with E-state index < -0.39 is 29.6 Å². The Morgan fingerprint density at radius 1 is 1.35 bits per heavy atom. The minimum absolute atomic E-state index is 0.232. The Balaban J connectivity index is 1.88. The molecule has 1 aliphatic carbocycles. The normalized spacial score (nSPS) is 24.1. The van der Waals surface area contributed by atoms with Gasteiger partial charge in [0.2, 0.25) is 5.91 Å². The van der Waals surface area contributed by atoms with Gasteiger partial charge in [0.1, 0.15) is 17.6 Å². The molecule has 2 amide bonds. The van der Waals surface area contributed by atoms with Gasteiger partial charge in [-0.3, -0.25) is 9.59 Å². The molecule has 2 aliphatic rings. The van der Waals surface area contributed by atoms with Gasteiger partial charge in [0.25, 0.3) is 5.91 Å². The summed E-state index contributed by atoms with van der Waals surface area (Å²) in [4.78, 5) is 28.0. The topological polar surface area (TPSA) is 84.5 Å². The van der Waals surface area contributed by atoms with Crippen molar-refractivity contribution in [3.8, 4) is 0 Å². The first-order chi connectivity index (χ1) is 9.56. The fourth-order valence-corrected chi connectivity index (χ4v) is 2.34. The van der Waals surface area contributed by atoms with E-state index in [0.717, 1.165) is 12.8 Å². The molecule has 0 saturated heterocycles. The Labute approximate surface area is 115 Å². The van der Waals surface area contributed by atoms with Crippen molar-refractivity contribution in [3.05, 3.63) is 35.6 Å². The molecule has 0 aromatic heterocycles. The SMILES string of the molecule is NC(C1=NC(=O)C(c2cccc(F)c2)C(=O)N1)C1CC1. The number of rotatable bonds is 3. The minimum atomic E-state index is -1.10. The van der Waals surface area contributed by atoms with Crippen molar-refractivity contribution in [2.24, 2.45) is 16.6 Å². The molecule has 0 radical (unpaired) electrons. The van der Waals surface area contributed by atoms with Gasteiger partial charge in [-0.2, -0.15) is 4.99 Å². The molecule has 0 spiro atoms. The van der Waals surface area contributed by atoms with Gasteiger partial charge in [-0.1, -0.05) is 12.1 Å². The standard InChI is InChI=1S/C14H14FN3O2/c15-9-3-1-2-8(6-9)10-13(19)17-12(18-14(10)20)11(16)7-4-5-7/h1-3,6-7,10-11H,4-5,16H2,(H,17,18,19,20). The van der Waals surface area contributed by atoms with E-state index >= 15 is 0 Å². The lowest BCUT2D eigenvalue weighted by Gasteiger charge is -2.23. The highest BCUT2D eigenvalue weighted by atomic mass is 19.1. The Kier molecular flexibility index (Phi) is 3.10. The molecule has 3 rings (SSSR count). The molecule has 1 aromatic rings. The van der Waals surface area contributed by atoms with E-state index in [9.17, 15) is 14.0 Å². The number of hydrogen-bond donors (Lipinski definition) is 2. The van der Waals surface area contributed by atoms with Crippen LogP contribution in [0.15, 0.2) is 29.3 Å². The molecule has 2 unspecified atom stereocenters. The number of carbonyl (C=O) groups is 2. The van der Waals surface area contributed by atoms with Crippen molar-refractivity contribution in [1.29, 1.82) is 0 Å². The fourth-order valence-electron chi connectivity index (χ4n) is 2.34. The van der Waals surface area contributed by atoms with Crippen LogP contribution in [-0.4, -0.2) is 23.7 Å². The Morgan fingerprint density at radius 2 is 2.10 bits per heavy atom. The Hall–Kier alpha value is -2.08. The van der Waals surface area contributed by atoms with Crippen LogP contribution in [0.3, 0.4) is 0 Å². The van der Waals surface area contributed by atoms with Gasteiger partial charge in [0.05, 0.1) is 6.04 Å². The van der Waals surface area contributed by atoms with Gasteiger partial charge < -0.3 is 11.1 Å². The molecule has 0 bridgehead atoms. The molecule has 1 aliphatic heterocycles. The summed E-state index contributed by atoms with van der Waals surface area (Å²) in [5, 5.41) is 2.58. The highest BCUT2D eigenvalue weighted by Crippen LogP contribution is 2.32. The van der Waals surface area contributed by atoms with E-state index in [-0.39, 0.29) is 11.8 Å². The van der Waals surface area contributed by atoms with Crippen LogP contribution in [0.4, 0.5) is 4.39 Å². The van der Waals surface area contributed by atoms with Crippen LogP contribution in [0.1, 0.15) is 24.3 Å². The number of benzene rings is 1. The van der Waals surface area contributed by atoms with Crippen molar-refractivity contribution < 1.29 is 14.0 Å². The number of aliphatic imine (C=N–C) groups is 1. The van der Waals surface area contributed by atoms with Crippen molar-refractivity contribution in [1.82, 2.24) is 5.32 Å². The zero-order valence-corrected chi connectivity index (χ0v) is 10.7. The summed E-state index contributed by atoms with van der Waals surface area (Å²) in [6.07, 6.45) is 1.97. The molecule has 1 aromatic carbocycles. The molecule has 1 fully saturated rings.